The molecule has 1 atom stereocenters. The average Bonchev–Trinajstić information content (AvgIpc) is 2.33. The van der Waals surface area contributed by atoms with Crippen LogP contribution in [0, 0.1) is 5.82 Å². The summed E-state index contributed by atoms with van der Waals surface area (Å²) in [6.45, 7) is -1.34. The Morgan fingerprint density at radius 1 is 1.32 bits per heavy atom. The molecule has 0 radical (unpaired) electrons. The topological polar surface area (TPSA) is 18.5 Å². The maximum Gasteiger partial charge on any atom is 0.411 e. The minimum absolute atomic E-state index is 0.0664. The summed E-state index contributed by atoms with van der Waals surface area (Å²) in [4.78, 5) is -0.277. The van der Waals surface area contributed by atoms with Gasteiger partial charge < -0.3 is 9.47 Å². The molecular weight excluding hydrogens is 332 g/mol. The van der Waals surface area contributed by atoms with E-state index in [4.69, 9.17) is 4.74 Å². The third-order valence-electron chi connectivity index (χ3n) is 2.32. The van der Waals surface area contributed by atoms with Gasteiger partial charge in [-0.2, -0.15) is 13.2 Å². The van der Waals surface area contributed by atoms with E-state index < -0.39 is 18.6 Å². The third-order valence-corrected chi connectivity index (χ3v) is 3.31. The van der Waals surface area contributed by atoms with Gasteiger partial charge in [0.1, 0.15) is 6.61 Å². The van der Waals surface area contributed by atoms with Crippen molar-refractivity contribution in [3.05, 3.63) is 29.6 Å². The predicted molar refractivity (Wildman–Crippen MR) is 66.1 cm³/mol. The lowest BCUT2D eigenvalue weighted by Gasteiger charge is -2.12. The van der Waals surface area contributed by atoms with Gasteiger partial charge in [-0.3, -0.25) is 0 Å². The first-order chi connectivity index (χ1) is 8.83. The highest BCUT2D eigenvalue weighted by atomic mass is 79.9. The normalized spacial score (nSPS) is 13.4. The van der Waals surface area contributed by atoms with E-state index in [1.807, 2.05) is 0 Å². The van der Waals surface area contributed by atoms with E-state index in [9.17, 15) is 17.6 Å². The number of benzene rings is 1. The molecule has 2 nitrogen and oxygen atoms in total. The van der Waals surface area contributed by atoms with Crippen LogP contribution in [-0.4, -0.2) is 26.5 Å². The molecule has 0 heterocycles. The Kier molecular flexibility index (Phi) is 6.06. The van der Waals surface area contributed by atoms with Gasteiger partial charge in [-0.1, -0.05) is 22.0 Å². The minimum Gasteiger partial charge on any atom is -0.494 e. The predicted octanol–water partition coefficient (Wildman–Crippen LogP) is 4.24. The molecule has 7 heteroatoms. The van der Waals surface area contributed by atoms with Crippen LogP contribution in [0.2, 0.25) is 0 Å². The highest BCUT2D eigenvalue weighted by molar-refractivity contribution is 9.09. The molecule has 1 rings (SSSR count). The lowest BCUT2D eigenvalue weighted by Crippen LogP contribution is -2.17. The van der Waals surface area contributed by atoms with Gasteiger partial charge in [0.15, 0.2) is 11.6 Å². The molecule has 0 aliphatic rings. The minimum atomic E-state index is -4.33. The lowest BCUT2D eigenvalue weighted by atomic mass is 10.1. The highest BCUT2D eigenvalue weighted by Crippen LogP contribution is 2.29. The van der Waals surface area contributed by atoms with Gasteiger partial charge in [0.25, 0.3) is 0 Å². The van der Waals surface area contributed by atoms with Crippen LogP contribution in [0.25, 0.3) is 0 Å². The second-order valence-electron chi connectivity index (χ2n) is 3.82. The molecule has 1 aromatic rings. The van der Waals surface area contributed by atoms with Crippen LogP contribution in [0.5, 0.6) is 5.75 Å². The Balaban J connectivity index is 2.45. The Morgan fingerprint density at radius 2 is 2.00 bits per heavy atom. The number of alkyl halides is 4. The first kappa shape index (κ1) is 16.2. The smallest absolute Gasteiger partial charge is 0.411 e. The van der Waals surface area contributed by atoms with Crippen LogP contribution >= 0.6 is 15.9 Å². The van der Waals surface area contributed by atoms with Crippen molar-refractivity contribution in [1.29, 1.82) is 0 Å². The average molecular weight is 345 g/mol. The van der Waals surface area contributed by atoms with Crippen LogP contribution in [0.3, 0.4) is 0 Å². The van der Waals surface area contributed by atoms with Crippen LogP contribution in [0.15, 0.2) is 18.2 Å². The molecule has 0 aliphatic carbocycles. The third kappa shape index (κ3) is 5.78. The van der Waals surface area contributed by atoms with Crippen LogP contribution in [0.4, 0.5) is 17.6 Å². The molecule has 1 aromatic carbocycles. The molecule has 19 heavy (non-hydrogen) atoms. The summed E-state index contributed by atoms with van der Waals surface area (Å²) < 4.78 is 58.2. The monoisotopic (exact) mass is 344 g/mol. The van der Waals surface area contributed by atoms with Crippen molar-refractivity contribution in [3.8, 4) is 5.75 Å². The van der Waals surface area contributed by atoms with E-state index in [0.29, 0.717) is 12.0 Å². The number of rotatable bonds is 6. The van der Waals surface area contributed by atoms with Crippen LogP contribution in [-0.2, 0) is 4.74 Å². The number of halogens is 5. The molecule has 0 aromatic heterocycles. The standard InChI is InChI=1S/C12H13BrF4O2/c1-18-11-3-2-8(6-10(11)14)9(13)4-5-19-7-12(15,16)17/h2-3,6,9H,4-5,7H2,1H3. The number of hydrogen-bond acceptors (Lipinski definition) is 2. The van der Waals surface area contributed by atoms with Crippen molar-refractivity contribution in [1.82, 2.24) is 0 Å². The van der Waals surface area contributed by atoms with Crippen molar-refractivity contribution in [2.45, 2.75) is 17.4 Å². The number of methoxy groups -OCH3 is 1. The molecule has 0 saturated heterocycles. The van der Waals surface area contributed by atoms with Gasteiger partial charge in [0, 0.05) is 11.4 Å². The van der Waals surface area contributed by atoms with Crippen molar-refractivity contribution in [2.24, 2.45) is 0 Å². The second-order valence-corrected chi connectivity index (χ2v) is 4.92. The number of hydrogen-bond donors (Lipinski definition) is 0. The van der Waals surface area contributed by atoms with E-state index >= 15 is 0 Å². The van der Waals surface area contributed by atoms with Gasteiger partial charge in [0.2, 0.25) is 0 Å². The highest BCUT2D eigenvalue weighted by Gasteiger charge is 2.27. The molecule has 108 valence electrons. The van der Waals surface area contributed by atoms with Gasteiger partial charge in [-0.25, -0.2) is 4.39 Å². The second kappa shape index (κ2) is 7.09. The quantitative estimate of drug-likeness (QED) is 0.436. The molecule has 0 saturated carbocycles. The van der Waals surface area contributed by atoms with E-state index in [1.165, 1.54) is 19.2 Å². The first-order valence-electron chi connectivity index (χ1n) is 5.45. The van der Waals surface area contributed by atoms with Crippen LogP contribution < -0.4 is 4.74 Å². The maximum atomic E-state index is 13.4. The fraction of sp³-hybridized carbons (Fsp3) is 0.500. The molecule has 1 unspecified atom stereocenters. The summed E-state index contributed by atoms with van der Waals surface area (Å²) in [5.74, 6) is -0.391. The zero-order valence-electron chi connectivity index (χ0n) is 10.1. The van der Waals surface area contributed by atoms with E-state index in [2.05, 4.69) is 20.7 Å². The Labute approximate surface area is 116 Å². The lowest BCUT2D eigenvalue weighted by molar-refractivity contribution is -0.174. The van der Waals surface area contributed by atoms with Gasteiger partial charge in [0.05, 0.1) is 7.11 Å². The Morgan fingerprint density at radius 3 is 2.53 bits per heavy atom. The molecule has 0 amide bonds. The summed E-state index contributed by atoms with van der Waals surface area (Å²) in [7, 11) is 1.36. The zero-order valence-corrected chi connectivity index (χ0v) is 11.7. The summed E-state index contributed by atoms with van der Waals surface area (Å²) >= 11 is 3.28. The van der Waals surface area contributed by atoms with E-state index in [-0.39, 0.29) is 17.2 Å². The Hall–Kier alpha value is -0.820. The van der Waals surface area contributed by atoms with Crippen molar-refractivity contribution < 1.29 is 27.0 Å². The first-order valence-corrected chi connectivity index (χ1v) is 6.37. The maximum absolute atomic E-state index is 13.4. The molecule has 0 spiro atoms. The SMILES string of the molecule is COc1ccc(C(Br)CCOCC(F)(F)F)cc1F. The summed E-state index contributed by atoms with van der Waals surface area (Å²) in [5, 5.41) is 0. The Bertz CT molecular complexity index is 409. The fourth-order valence-corrected chi connectivity index (χ4v) is 1.89. The number of ether oxygens (including phenoxy) is 2. The van der Waals surface area contributed by atoms with Gasteiger partial charge in [-0.05, 0) is 24.1 Å². The van der Waals surface area contributed by atoms with E-state index in [1.54, 1.807) is 6.07 Å². The zero-order chi connectivity index (χ0) is 14.5. The van der Waals surface area contributed by atoms with E-state index in [0.717, 1.165) is 0 Å². The summed E-state index contributed by atoms with van der Waals surface area (Å²) in [6, 6.07) is 4.39. The molecule has 0 aliphatic heterocycles. The molecule has 0 N–H and O–H groups in total. The molecule has 0 fully saturated rings. The van der Waals surface area contributed by atoms with Crippen molar-refractivity contribution >= 4 is 15.9 Å². The van der Waals surface area contributed by atoms with Gasteiger partial charge in [-0.15, -0.1) is 0 Å². The van der Waals surface area contributed by atoms with Crippen LogP contribution in [0.1, 0.15) is 16.8 Å². The van der Waals surface area contributed by atoms with Crippen molar-refractivity contribution in [3.63, 3.8) is 0 Å². The van der Waals surface area contributed by atoms with Gasteiger partial charge >= 0.3 is 6.18 Å². The largest absolute Gasteiger partial charge is 0.494 e. The molecule has 0 bridgehead atoms. The fourth-order valence-electron chi connectivity index (χ4n) is 1.42. The van der Waals surface area contributed by atoms with Crippen molar-refractivity contribution in [2.75, 3.05) is 20.3 Å². The molecular formula is C12H13BrF4O2. The summed E-state index contributed by atoms with van der Waals surface area (Å²) in [5.41, 5.74) is 0.619. The summed E-state index contributed by atoms with van der Waals surface area (Å²) in [6.07, 6.45) is -4.02.